The molecule has 0 bridgehead atoms. The number of amides is 1. The smallest absolute Gasteiger partial charge is 0.282 e. The van der Waals surface area contributed by atoms with Crippen LogP contribution in [0.5, 0.6) is 11.5 Å². The summed E-state index contributed by atoms with van der Waals surface area (Å²) in [6.45, 7) is 0.568. The molecule has 0 aliphatic carbocycles. The third-order valence-electron chi connectivity index (χ3n) is 5.23. The molecule has 2 heterocycles. The Morgan fingerprint density at radius 2 is 2.07 bits per heavy atom. The maximum atomic E-state index is 12.9. The quantitative estimate of drug-likeness (QED) is 0.598. The number of hydrogen-bond donors (Lipinski definition) is 0. The normalized spacial score (nSPS) is 20.6. The second-order valence-electron chi connectivity index (χ2n) is 7.00. The van der Waals surface area contributed by atoms with Crippen LogP contribution in [0.2, 0.25) is 0 Å². The molecule has 1 spiro atoms. The van der Waals surface area contributed by atoms with Crippen molar-refractivity contribution in [3.05, 3.63) is 63.7 Å². The first kappa shape index (κ1) is 18.0. The van der Waals surface area contributed by atoms with Crippen LogP contribution in [0.25, 0.3) is 0 Å². The molecule has 8 heteroatoms. The van der Waals surface area contributed by atoms with Crippen molar-refractivity contribution in [2.75, 3.05) is 20.2 Å². The molecule has 0 N–H and O–H groups in total. The first-order valence-electron chi connectivity index (χ1n) is 8.85. The first-order chi connectivity index (χ1) is 13.4. The van der Waals surface area contributed by atoms with Gasteiger partial charge in [-0.05, 0) is 24.3 Å². The Labute approximate surface area is 160 Å². The summed E-state index contributed by atoms with van der Waals surface area (Å²) in [6, 6.07) is 10.9. The summed E-state index contributed by atoms with van der Waals surface area (Å²) in [5.74, 6) is 0.546. The Balaban J connectivity index is 1.58. The highest BCUT2D eigenvalue weighted by Gasteiger charge is 2.47. The third-order valence-corrected chi connectivity index (χ3v) is 5.23. The van der Waals surface area contributed by atoms with Crippen LogP contribution < -0.4 is 9.47 Å². The highest BCUT2D eigenvalue weighted by atomic mass is 16.6. The molecule has 0 aromatic heterocycles. The van der Waals surface area contributed by atoms with Gasteiger partial charge in [-0.2, -0.15) is 0 Å². The second-order valence-corrected chi connectivity index (χ2v) is 7.00. The van der Waals surface area contributed by atoms with Crippen LogP contribution in [0.1, 0.15) is 33.6 Å². The van der Waals surface area contributed by atoms with E-state index in [1.54, 1.807) is 24.3 Å². The number of nitrogens with zero attached hydrogens (tertiary/aromatic N) is 2. The number of methoxy groups -OCH3 is 1. The number of fused-ring (bicyclic) bond motifs is 1. The van der Waals surface area contributed by atoms with Crippen molar-refractivity contribution in [2.24, 2.45) is 0 Å². The zero-order valence-electron chi connectivity index (χ0n) is 15.2. The van der Waals surface area contributed by atoms with Gasteiger partial charge in [0.05, 0.1) is 30.6 Å². The molecule has 144 valence electrons. The molecule has 1 atom stereocenters. The van der Waals surface area contributed by atoms with Gasteiger partial charge in [-0.25, -0.2) is 0 Å². The van der Waals surface area contributed by atoms with Gasteiger partial charge in [-0.15, -0.1) is 0 Å². The van der Waals surface area contributed by atoms with Gasteiger partial charge in [-0.3, -0.25) is 19.7 Å². The fraction of sp³-hybridized carbons (Fsp3) is 0.300. The van der Waals surface area contributed by atoms with Crippen molar-refractivity contribution in [3.8, 4) is 11.5 Å². The number of benzene rings is 2. The standard InChI is InChI=1S/C20H18N2O6/c1-27-13-6-7-18-15(10-13)17(23)11-20(28-18)8-9-21(12-20)19(24)14-4-2-3-5-16(14)22(25)26/h2-7,10H,8-9,11-12H2,1H3. The summed E-state index contributed by atoms with van der Waals surface area (Å²) >= 11 is 0. The van der Waals surface area contributed by atoms with Crippen LogP contribution in [0.4, 0.5) is 5.69 Å². The SMILES string of the molecule is COc1ccc2c(c1)C(=O)CC1(CCN(C(=O)c3ccccc3[N+](=O)[O-])C1)O2. The molecule has 0 radical (unpaired) electrons. The number of rotatable bonds is 3. The molecule has 2 aliphatic rings. The monoisotopic (exact) mass is 382 g/mol. The highest BCUT2D eigenvalue weighted by molar-refractivity contribution is 6.01. The topological polar surface area (TPSA) is 99.0 Å². The molecular formula is C20H18N2O6. The summed E-state index contributed by atoms with van der Waals surface area (Å²) in [5, 5.41) is 11.2. The number of hydrogen-bond acceptors (Lipinski definition) is 6. The van der Waals surface area contributed by atoms with E-state index in [1.165, 1.54) is 30.2 Å². The number of ketones is 1. The van der Waals surface area contributed by atoms with Crippen LogP contribution >= 0.6 is 0 Å². The van der Waals surface area contributed by atoms with Gasteiger partial charge in [0.1, 0.15) is 22.7 Å². The number of nitro benzene ring substituents is 1. The van der Waals surface area contributed by atoms with Crippen molar-refractivity contribution in [1.82, 2.24) is 4.90 Å². The molecule has 1 unspecified atom stereocenters. The number of nitro groups is 1. The molecule has 8 nitrogen and oxygen atoms in total. The van der Waals surface area contributed by atoms with E-state index in [0.29, 0.717) is 30.0 Å². The molecule has 2 aliphatic heterocycles. The largest absolute Gasteiger partial charge is 0.497 e. The minimum Gasteiger partial charge on any atom is -0.497 e. The van der Waals surface area contributed by atoms with Gasteiger partial charge in [0.15, 0.2) is 5.78 Å². The van der Waals surface area contributed by atoms with E-state index in [9.17, 15) is 19.7 Å². The van der Waals surface area contributed by atoms with Crippen molar-refractivity contribution in [2.45, 2.75) is 18.4 Å². The summed E-state index contributed by atoms with van der Waals surface area (Å²) in [7, 11) is 1.53. The van der Waals surface area contributed by atoms with E-state index in [0.717, 1.165) is 0 Å². The van der Waals surface area contributed by atoms with E-state index < -0.39 is 16.4 Å². The summed E-state index contributed by atoms with van der Waals surface area (Å²) in [6.07, 6.45) is 0.629. The number of carbonyl (C=O) groups is 2. The Morgan fingerprint density at radius 3 is 2.82 bits per heavy atom. The summed E-state index contributed by atoms with van der Waals surface area (Å²) < 4.78 is 11.3. The average molecular weight is 382 g/mol. The van der Waals surface area contributed by atoms with Gasteiger partial charge in [0, 0.05) is 19.0 Å². The first-order valence-corrected chi connectivity index (χ1v) is 8.85. The van der Waals surface area contributed by atoms with Gasteiger partial charge in [0.2, 0.25) is 0 Å². The molecule has 1 amide bonds. The lowest BCUT2D eigenvalue weighted by Crippen LogP contribution is -2.45. The van der Waals surface area contributed by atoms with E-state index in [1.807, 2.05) is 0 Å². The van der Waals surface area contributed by atoms with Crippen LogP contribution in [0.3, 0.4) is 0 Å². The lowest BCUT2D eigenvalue weighted by atomic mass is 9.89. The molecule has 0 saturated carbocycles. The number of carbonyl (C=O) groups excluding carboxylic acids is 2. The molecule has 2 aromatic rings. The average Bonchev–Trinajstić information content (AvgIpc) is 3.10. The molecule has 28 heavy (non-hydrogen) atoms. The van der Waals surface area contributed by atoms with Crippen molar-refractivity contribution in [1.29, 1.82) is 0 Å². The lowest BCUT2D eigenvalue weighted by molar-refractivity contribution is -0.385. The minimum atomic E-state index is -0.808. The highest BCUT2D eigenvalue weighted by Crippen LogP contribution is 2.40. The Bertz CT molecular complexity index is 988. The van der Waals surface area contributed by atoms with Gasteiger partial charge < -0.3 is 14.4 Å². The van der Waals surface area contributed by atoms with Crippen LogP contribution in [-0.4, -0.2) is 47.3 Å². The van der Waals surface area contributed by atoms with E-state index in [-0.39, 0.29) is 30.0 Å². The summed E-state index contributed by atoms with van der Waals surface area (Å²) in [5.41, 5.74) is -0.533. The van der Waals surface area contributed by atoms with Crippen LogP contribution in [-0.2, 0) is 0 Å². The van der Waals surface area contributed by atoms with Gasteiger partial charge >= 0.3 is 0 Å². The van der Waals surface area contributed by atoms with Crippen LogP contribution in [0.15, 0.2) is 42.5 Å². The molecule has 1 saturated heterocycles. The number of para-hydroxylation sites is 1. The molecule has 2 aromatic carbocycles. The number of Topliss-reactive ketones (excluding diaryl/α,β-unsaturated/α-hetero) is 1. The fourth-order valence-corrected chi connectivity index (χ4v) is 3.83. The molecule has 4 rings (SSSR count). The second kappa shape index (κ2) is 6.63. The zero-order chi connectivity index (χ0) is 19.9. The van der Waals surface area contributed by atoms with Gasteiger partial charge in [-0.1, -0.05) is 12.1 Å². The van der Waals surface area contributed by atoms with Crippen molar-refractivity contribution in [3.63, 3.8) is 0 Å². The maximum absolute atomic E-state index is 12.9. The molecular weight excluding hydrogens is 364 g/mol. The van der Waals surface area contributed by atoms with E-state index in [4.69, 9.17) is 9.47 Å². The van der Waals surface area contributed by atoms with Crippen LogP contribution in [0, 0.1) is 10.1 Å². The Hall–Kier alpha value is -3.42. The number of likely N-dealkylation sites (tertiary alicyclic amines) is 1. The maximum Gasteiger partial charge on any atom is 0.282 e. The van der Waals surface area contributed by atoms with E-state index in [2.05, 4.69) is 0 Å². The van der Waals surface area contributed by atoms with Crippen molar-refractivity contribution < 1.29 is 24.0 Å². The van der Waals surface area contributed by atoms with E-state index >= 15 is 0 Å². The predicted octanol–water partition coefficient (Wildman–Crippen LogP) is 2.85. The predicted molar refractivity (Wildman–Crippen MR) is 98.9 cm³/mol. The fourth-order valence-electron chi connectivity index (χ4n) is 3.83. The Kier molecular flexibility index (Phi) is 4.26. The summed E-state index contributed by atoms with van der Waals surface area (Å²) in [4.78, 5) is 37.7. The Morgan fingerprint density at radius 1 is 1.29 bits per heavy atom. The third kappa shape index (κ3) is 2.96. The van der Waals surface area contributed by atoms with Gasteiger partial charge in [0.25, 0.3) is 11.6 Å². The zero-order valence-corrected chi connectivity index (χ0v) is 15.2. The minimum absolute atomic E-state index is 0.0387. The number of ether oxygens (including phenoxy) is 2. The molecule has 1 fully saturated rings. The lowest BCUT2D eigenvalue weighted by Gasteiger charge is -2.34. The van der Waals surface area contributed by atoms with Crippen molar-refractivity contribution >= 4 is 17.4 Å².